The Hall–Kier alpha value is -7.44. The third kappa shape index (κ3) is 18.9. The highest BCUT2D eigenvalue weighted by molar-refractivity contribution is 6.14. The summed E-state index contributed by atoms with van der Waals surface area (Å²) in [7, 11) is 0. The van der Waals surface area contributed by atoms with Crippen LogP contribution in [0.5, 0.6) is 0 Å². The van der Waals surface area contributed by atoms with Gasteiger partial charge >= 0.3 is 36.4 Å². The van der Waals surface area contributed by atoms with Crippen LogP contribution in [0.4, 0.5) is 35.7 Å². The monoisotopic (exact) mass is 1100 g/mol. The minimum atomic E-state index is -1.31. The number of carbonyl (C=O) groups excluding carboxylic acids is 6. The zero-order valence-corrected chi connectivity index (χ0v) is 47.8. The van der Waals surface area contributed by atoms with Crippen LogP contribution in [-0.4, -0.2) is 159 Å². The summed E-state index contributed by atoms with van der Waals surface area (Å²) in [6, 6.07) is 16.2. The summed E-state index contributed by atoms with van der Waals surface area (Å²) in [4.78, 5) is 109. The molecule has 6 amide bonds. The fourth-order valence-electron chi connectivity index (χ4n) is 7.75. The van der Waals surface area contributed by atoms with Crippen molar-refractivity contribution in [1.82, 2.24) is 29.7 Å². The van der Waals surface area contributed by atoms with Crippen molar-refractivity contribution in [2.24, 2.45) is 0 Å². The molecule has 24 heteroatoms. The van der Waals surface area contributed by atoms with Gasteiger partial charge in [-0.25, -0.2) is 29.0 Å². The van der Waals surface area contributed by atoms with Crippen LogP contribution in [0.25, 0.3) is 22.3 Å². The van der Waals surface area contributed by atoms with Gasteiger partial charge in [0.25, 0.3) is 0 Å². The largest absolute Gasteiger partial charge is 0.480 e. The quantitative estimate of drug-likeness (QED) is 0.0582. The molecule has 24 nitrogen and oxygen atoms in total. The molecule has 1 aliphatic carbocycles. The number of alkyl carbamates (subject to hydrolysis) is 1. The molecular formula is C55H76N8O16. The maximum Gasteiger partial charge on any atom is 0.427 e. The lowest BCUT2D eigenvalue weighted by Crippen LogP contribution is -2.46. The number of benzene rings is 2. The zero-order chi connectivity index (χ0) is 58.7. The fourth-order valence-corrected chi connectivity index (χ4v) is 7.75. The van der Waals surface area contributed by atoms with Crippen LogP contribution >= 0.6 is 0 Å². The standard InChI is InChI=1S/C55H76N8O16/c1-51(2,3)76-47(68)62(48(69)77-52(4,5)6)44-42-43(58-45(59-44)63(49(70)78-53(7,8)9)50(71)79-54(10,11)12)61(34-57-42)30-40(64)60(31-41(65)66)24-19-25-72-26-27-73-28-29-75-55(13,14)33-56-46(67)74-32-39-37-22-17-15-20-35(37)36-21-16-18-23-38(36)39/h15-18,20-23,34,39H,19,24-33H2,1-14H3,(H,56,67)(H,65,66). The van der Waals surface area contributed by atoms with E-state index >= 15 is 0 Å². The normalized spacial score (nSPS) is 12.7. The third-order valence-corrected chi connectivity index (χ3v) is 10.9. The summed E-state index contributed by atoms with van der Waals surface area (Å²) in [5.41, 5.74) is -1.47. The first-order valence-electron chi connectivity index (χ1n) is 25.9. The molecule has 0 spiro atoms. The Balaban J connectivity index is 1.20. The van der Waals surface area contributed by atoms with Crippen LogP contribution in [0.15, 0.2) is 54.9 Å². The van der Waals surface area contributed by atoms with Gasteiger partial charge in [-0.1, -0.05) is 48.5 Å². The smallest absolute Gasteiger partial charge is 0.427 e. The molecule has 2 heterocycles. The van der Waals surface area contributed by atoms with Gasteiger partial charge in [0.15, 0.2) is 17.0 Å². The highest BCUT2D eigenvalue weighted by atomic mass is 16.6. The van der Waals surface area contributed by atoms with Gasteiger partial charge in [-0.15, -0.1) is 4.90 Å². The minimum Gasteiger partial charge on any atom is -0.480 e. The predicted molar refractivity (Wildman–Crippen MR) is 289 cm³/mol. The molecule has 0 aliphatic heterocycles. The molecule has 0 unspecified atom stereocenters. The number of nitrogens with one attached hydrogen (secondary N) is 1. The van der Waals surface area contributed by atoms with E-state index in [4.69, 9.17) is 37.9 Å². The van der Waals surface area contributed by atoms with Gasteiger partial charge < -0.3 is 57.8 Å². The molecule has 1 aliphatic rings. The van der Waals surface area contributed by atoms with Gasteiger partial charge in [0.05, 0.1) is 38.4 Å². The Bertz CT molecular complexity index is 2720. The summed E-state index contributed by atoms with van der Waals surface area (Å²) >= 11 is 0. The average molecular weight is 1110 g/mol. The second kappa shape index (κ2) is 26.0. The van der Waals surface area contributed by atoms with Crippen molar-refractivity contribution in [2.45, 2.75) is 144 Å². The molecule has 0 atom stereocenters. The van der Waals surface area contributed by atoms with Crippen LogP contribution < -0.4 is 15.1 Å². The molecular weight excluding hydrogens is 1030 g/mol. The average Bonchev–Trinajstić information content (AvgIpc) is 4.05. The number of imide groups is 2. The van der Waals surface area contributed by atoms with E-state index in [1.54, 1.807) is 83.1 Å². The lowest BCUT2D eigenvalue weighted by Gasteiger charge is -2.29. The Morgan fingerprint density at radius 2 is 1.11 bits per heavy atom. The molecule has 0 saturated carbocycles. The number of amides is 6. The van der Waals surface area contributed by atoms with Gasteiger partial charge in [0, 0.05) is 25.6 Å². The first-order valence-corrected chi connectivity index (χ1v) is 25.9. The maximum absolute atomic E-state index is 14.0. The van der Waals surface area contributed by atoms with E-state index < -0.39 is 95.2 Å². The number of hydrogen-bond donors (Lipinski definition) is 2. The zero-order valence-electron chi connectivity index (χ0n) is 47.8. The van der Waals surface area contributed by atoms with Crippen LogP contribution in [0.3, 0.4) is 0 Å². The van der Waals surface area contributed by atoms with E-state index in [0.29, 0.717) is 9.80 Å². The second-order valence-electron chi connectivity index (χ2n) is 23.1. The molecule has 432 valence electrons. The molecule has 79 heavy (non-hydrogen) atoms. The number of aliphatic carboxylic acids is 1. The lowest BCUT2D eigenvalue weighted by atomic mass is 9.98. The van der Waals surface area contributed by atoms with E-state index in [1.165, 1.54) is 0 Å². The van der Waals surface area contributed by atoms with Crippen molar-refractivity contribution in [1.29, 1.82) is 0 Å². The highest BCUT2D eigenvalue weighted by Crippen LogP contribution is 2.44. The van der Waals surface area contributed by atoms with Crippen LogP contribution in [0, 0.1) is 0 Å². The first-order chi connectivity index (χ1) is 36.7. The molecule has 0 bridgehead atoms. The number of imidazole rings is 1. The van der Waals surface area contributed by atoms with Crippen molar-refractivity contribution in [2.75, 3.05) is 69.1 Å². The molecule has 4 aromatic rings. The lowest BCUT2D eigenvalue weighted by molar-refractivity contribution is -0.144. The number of ether oxygens (including phenoxy) is 8. The van der Waals surface area contributed by atoms with Crippen LogP contribution in [-0.2, 0) is 54.0 Å². The van der Waals surface area contributed by atoms with Crippen LogP contribution in [0.1, 0.15) is 120 Å². The van der Waals surface area contributed by atoms with Gasteiger partial charge in [-0.05, 0) is 126 Å². The summed E-state index contributed by atoms with van der Waals surface area (Å²) in [5, 5.41) is 12.6. The van der Waals surface area contributed by atoms with Gasteiger partial charge in [0.2, 0.25) is 11.9 Å². The summed E-state index contributed by atoms with van der Waals surface area (Å²) in [6.45, 7) is 22.2. The van der Waals surface area contributed by atoms with Crippen molar-refractivity contribution in [3.63, 3.8) is 0 Å². The Morgan fingerprint density at radius 1 is 0.633 bits per heavy atom. The fraction of sp³-hybridized carbons (Fsp3) is 0.564. The topological polar surface area (TPSA) is 279 Å². The number of anilines is 2. The predicted octanol–water partition coefficient (Wildman–Crippen LogP) is 8.85. The number of carboxylic acid groups (broad SMARTS) is 1. The maximum atomic E-state index is 14.0. The molecule has 0 saturated heterocycles. The number of carboxylic acids is 1. The van der Waals surface area contributed by atoms with E-state index in [0.717, 1.165) is 38.0 Å². The number of fused-ring (bicyclic) bond motifs is 4. The number of carbonyl (C=O) groups is 7. The Morgan fingerprint density at radius 3 is 1.62 bits per heavy atom. The van der Waals surface area contributed by atoms with Gasteiger partial charge in [-0.2, -0.15) is 14.9 Å². The van der Waals surface area contributed by atoms with Crippen molar-refractivity contribution in [3.8, 4) is 11.1 Å². The van der Waals surface area contributed by atoms with Crippen molar-refractivity contribution >= 4 is 65.3 Å². The second-order valence-corrected chi connectivity index (χ2v) is 23.1. The molecule has 0 radical (unpaired) electrons. The van der Waals surface area contributed by atoms with E-state index in [-0.39, 0.29) is 76.2 Å². The van der Waals surface area contributed by atoms with E-state index in [1.807, 2.05) is 38.1 Å². The summed E-state index contributed by atoms with van der Waals surface area (Å²) in [5.74, 6) is -3.48. The van der Waals surface area contributed by atoms with Crippen molar-refractivity contribution in [3.05, 3.63) is 66.0 Å². The number of nitrogens with zero attached hydrogens (tertiary/aromatic N) is 7. The van der Waals surface area contributed by atoms with Crippen molar-refractivity contribution < 1.29 is 76.6 Å². The number of hydrogen-bond acceptors (Lipinski definition) is 18. The Labute approximate surface area is 460 Å². The van der Waals surface area contributed by atoms with E-state index in [2.05, 4.69) is 44.5 Å². The number of aromatic nitrogens is 4. The first kappa shape index (κ1) is 62.4. The molecule has 2 N–H and O–H groups in total. The molecule has 2 aromatic heterocycles. The molecule has 5 rings (SSSR count). The Kier molecular flexibility index (Phi) is 20.5. The summed E-state index contributed by atoms with van der Waals surface area (Å²) in [6.07, 6.45) is -4.38. The SMILES string of the molecule is CC(C)(C)OC(=O)N(C(=O)OC(C)(C)C)c1nc(N(C(=O)OC(C)(C)C)C(=O)OC(C)(C)C)c2ncn(CC(=O)N(CCCOCCOCCOC(C)(C)CNC(=O)OCC3c4ccccc4-c4ccccc43)CC(=O)O)c2n1. The molecule has 0 fully saturated rings. The molecule has 2 aromatic carbocycles. The van der Waals surface area contributed by atoms with Gasteiger partial charge in [-0.3, -0.25) is 9.59 Å². The number of rotatable bonds is 21. The van der Waals surface area contributed by atoms with Gasteiger partial charge in [0.1, 0.15) is 42.1 Å². The third-order valence-electron chi connectivity index (χ3n) is 10.9. The van der Waals surface area contributed by atoms with E-state index in [9.17, 15) is 38.7 Å². The minimum absolute atomic E-state index is 0.0593. The highest BCUT2D eigenvalue weighted by Gasteiger charge is 2.40. The van der Waals surface area contributed by atoms with Crippen LogP contribution in [0.2, 0.25) is 0 Å². The summed E-state index contributed by atoms with van der Waals surface area (Å²) < 4.78 is 46.4.